The molecule has 0 aromatic carbocycles. The second-order valence-electron chi connectivity index (χ2n) is 5.54. The Bertz CT molecular complexity index is 281. The Morgan fingerprint density at radius 1 is 1.47 bits per heavy atom. The van der Waals surface area contributed by atoms with E-state index in [0.29, 0.717) is 5.92 Å². The molecule has 0 aliphatic heterocycles. The van der Waals surface area contributed by atoms with Gasteiger partial charge in [-0.15, -0.1) is 0 Å². The molecule has 17 heavy (non-hydrogen) atoms. The van der Waals surface area contributed by atoms with E-state index in [1.807, 2.05) is 13.2 Å². The summed E-state index contributed by atoms with van der Waals surface area (Å²) in [5.41, 5.74) is 0. The fourth-order valence-corrected chi connectivity index (χ4v) is 4.05. The zero-order valence-electron chi connectivity index (χ0n) is 10.7. The minimum atomic E-state index is 0.0571. The second-order valence-corrected chi connectivity index (χ2v) is 6.61. The standard InChI is InChI=1S/C13H23NO2S/c1-8(12(7-15)17-2)14-13(16)11-6-9-3-4-10(11)5-9/h8-12,15H,3-7H2,1-2H3,(H,14,16). The first-order valence-electron chi connectivity index (χ1n) is 6.59. The number of thioether (sulfide) groups is 1. The minimum Gasteiger partial charge on any atom is -0.395 e. The van der Waals surface area contributed by atoms with Gasteiger partial charge in [-0.3, -0.25) is 4.79 Å². The zero-order valence-corrected chi connectivity index (χ0v) is 11.5. The van der Waals surface area contributed by atoms with Crippen LogP contribution >= 0.6 is 11.8 Å². The van der Waals surface area contributed by atoms with Gasteiger partial charge in [0.05, 0.1) is 6.61 Å². The second kappa shape index (κ2) is 5.61. The summed E-state index contributed by atoms with van der Waals surface area (Å²) in [7, 11) is 0. The average Bonchev–Trinajstić information content (AvgIpc) is 2.92. The molecule has 2 aliphatic carbocycles. The predicted octanol–water partition coefficient (Wildman–Crippen LogP) is 1.65. The van der Waals surface area contributed by atoms with Gasteiger partial charge in [0.25, 0.3) is 0 Å². The van der Waals surface area contributed by atoms with Gasteiger partial charge in [0.15, 0.2) is 0 Å². The molecule has 0 aromatic heterocycles. The molecule has 0 saturated heterocycles. The van der Waals surface area contributed by atoms with E-state index in [-0.39, 0.29) is 29.7 Å². The molecular weight excluding hydrogens is 234 g/mol. The van der Waals surface area contributed by atoms with Gasteiger partial charge in [-0.1, -0.05) is 6.42 Å². The molecule has 5 atom stereocenters. The number of fused-ring (bicyclic) bond motifs is 2. The molecule has 0 spiro atoms. The Balaban J connectivity index is 1.84. The highest BCUT2D eigenvalue weighted by Crippen LogP contribution is 2.48. The van der Waals surface area contributed by atoms with Crippen LogP contribution < -0.4 is 5.32 Å². The SMILES string of the molecule is CSC(CO)C(C)NC(=O)C1CC2CCC1C2. The van der Waals surface area contributed by atoms with E-state index >= 15 is 0 Å². The third-order valence-electron chi connectivity index (χ3n) is 4.49. The Morgan fingerprint density at radius 3 is 2.71 bits per heavy atom. The van der Waals surface area contributed by atoms with Crippen LogP contribution in [0.1, 0.15) is 32.6 Å². The number of hydrogen-bond donors (Lipinski definition) is 2. The molecule has 3 nitrogen and oxygen atoms in total. The molecule has 1 amide bonds. The third kappa shape index (κ3) is 2.79. The monoisotopic (exact) mass is 257 g/mol. The lowest BCUT2D eigenvalue weighted by atomic mass is 9.88. The van der Waals surface area contributed by atoms with Crippen LogP contribution in [0.15, 0.2) is 0 Å². The summed E-state index contributed by atoms with van der Waals surface area (Å²) < 4.78 is 0. The fourth-order valence-electron chi connectivity index (χ4n) is 3.43. The molecule has 2 rings (SSSR count). The van der Waals surface area contributed by atoms with Gasteiger partial charge in [-0.05, 0) is 44.3 Å². The van der Waals surface area contributed by atoms with Gasteiger partial charge >= 0.3 is 0 Å². The first kappa shape index (κ1) is 13.2. The Labute approximate surface area is 108 Å². The molecule has 5 unspecified atom stereocenters. The van der Waals surface area contributed by atoms with Crippen molar-refractivity contribution in [2.45, 2.75) is 43.9 Å². The van der Waals surface area contributed by atoms with Gasteiger partial charge in [0.1, 0.15) is 0 Å². The lowest BCUT2D eigenvalue weighted by Crippen LogP contribution is -2.44. The number of carbonyl (C=O) groups excluding carboxylic acids is 1. The largest absolute Gasteiger partial charge is 0.395 e. The Kier molecular flexibility index (Phi) is 4.36. The Morgan fingerprint density at radius 2 is 2.24 bits per heavy atom. The fraction of sp³-hybridized carbons (Fsp3) is 0.923. The van der Waals surface area contributed by atoms with Crippen LogP contribution in [0.5, 0.6) is 0 Å². The first-order chi connectivity index (χ1) is 8.15. The molecule has 2 fully saturated rings. The number of carbonyl (C=O) groups is 1. The number of aliphatic hydroxyl groups excluding tert-OH is 1. The topological polar surface area (TPSA) is 49.3 Å². The van der Waals surface area contributed by atoms with Crippen molar-refractivity contribution in [1.82, 2.24) is 5.32 Å². The Hall–Kier alpha value is -0.220. The van der Waals surface area contributed by atoms with Crippen LogP contribution in [0.4, 0.5) is 0 Å². The number of hydrogen-bond acceptors (Lipinski definition) is 3. The molecule has 2 N–H and O–H groups in total. The van der Waals surface area contributed by atoms with Gasteiger partial charge in [-0.25, -0.2) is 0 Å². The lowest BCUT2D eigenvalue weighted by molar-refractivity contribution is -0.127. The van der Waals surface area contributed by atoms with E-state index in [2.05, 4.69) is 5.32 Å². The van der Waals surface area contributed by atoms with E-state index in [9.17, 15) is 9.90 Å². The highest BCUT2D eigenvalue weighted by atomic mass is 32.2. The third-order valence-corrected chi connectivity index (χ3v) is 5.65. The summed E-state index contributed by atoms with van der Waals surface area (Å²) in [6.07, 6.45) is 6.89. The van der Waals surface area contributed by atoms with Crippen molar-refractivity contribution in [3.63, 3.8) is 0 Å². The van der Waals surface area contributed by atoms with Crippen LogP contribution in [-0.4, -0.2) is 35.2 Å². The number of nitrogens with one attached hydrogen (secondary N) is 1. The normalized spacial score (nSPS) is 34.6. The summed E-state index contributed by atoms with van der Waals surface area (Å²) in [5, 5.41) is 12.4. The lowest BCUT2D eigenvalue weighted by Gasteiger charge is -2.26. The average molecular weight is 257 g/mol. The maximum atomic E-state index is 12.2. The van der Waals surface area contributed by atoms with Gasteiger partial charge < -0.3 is 10.4 Å². The summed E-state index contributed by atoms with van der Waals surface area (Å²) in [6.45, 7) is 2.11. The van der Waals surface area contributed by atoms with Gasteiger partial charge in [0, 0.05) is 17.2 Å². The van der Waals surface area contributed by atoms with Crippen LogP contribution in [0.3, 0.4) is 0 Å². The molecule has 4 heteroatoms. The van der Waals surface area contributed by atoms with Crippen molar-refractivity contribution in [2.24, 2.45) is 17.8 Å². The highest BCUT2D eigenvalue weighted by molar-refractivity contribution is 7.99. The van der Waals surface area contributed by atoms with Crippen LogP contribution in [0.25, 0.3) is 0 Å². The number of amides is 1. The van der Waals surface area contributed by atoms with Crippen LogP contribution in [-0.2, 0) is 4.79 Å². The van der Waals surface area contributed by atoms with Crippen molar-refractivity contribution in [3.8, 4) is 0 Å². The zero-order chi connectivity index (χ0) is 12.4. The van der Waals surface area contributed by atoms with Crippen molar-refractivity contribution >= 4 is 17.7 Å². The van der Waals surface area contributed by atoms with Crippen LogP contribution in [0, 0.1) is 17.8 Å². The van der Waals surface area contributed by atoms with Crippen molar-refractivity contribution in [3.05, 3.63) is 0 Å². The molecule has 2 aliphatic rings. The minimum absolute atomic E-state index is 0.0571. The van der Waals surface area contributed by atoms with Crippen molar-refractivity contribution in [2.75, 3.05) is 12.9 Å². The van der Waals surface area contributed by atoms with Crippen LogP contribution in [0.2, 0.25) is 0 Å². The van der Waals surface area contributed by atoms with E-state index in [1.54, 1.807) is 11.8 Å². The molecule has 2 saturated carbocycles. The van der Waals surface area contributed by atoms with E-state index in [4.69, 9.17) is 0 Å². The van der Waals surface area contributed by atoms with E-state index in [0.717, 1.165) is 12.3 Å². The number of aliphatic hydroxyl groups is 1. The van der Waals surface area contributed by atoms with Gasteiger partial charge in [0.2, 0.25) is 5.91 Å². The smallest absolute Gasteiger partial charge is 0.223 e. The summed E-state index contributed by atoms with van der Waals surface area (Å²) in [5.74, 6) is 1.91. The molecule has 0 aromatic rings. The highest BCUT2D eigenvalue weighted by Gasteiger charge is 2.43. The van der Waals surface area contributed by atoms with E-state index < -0.39 is 0 Å². The quantitative estimate of drug-likeness (QED) is 0.787. The maximum absolute atomic E-state index is 12.2. The first-order valence-corrected chi connectivity index (χ1v) is 7.88. The summed E-state index contributed by atoms with van der Waals surface area (Å²) >= 11 is 1.61. The summed E-state index contributed by atoms with van der Waals surface area (Å²) in [6, 6.07) is 0.0571. The maximum Gasteiger partial charge on any atom is 0.223 e. The molecular formula is C13H23NO2S. The molecule has 0 radical (unpaired) electrons. The molecule has 0 heterocycles. The predicted molar refractivity (Wildman–Crippen MR) is 70.9 cm³/mol. The van der Waals surface area contributed by atoms with Crippen molar-refractivity contribution < 1.29 is 9.90 Å². The summed E-state index contributed by atoms with van der Waals surface area (Å²) in [4.78, 5) is 12.2. The number of rotatable bonds is 5. The van der Waals surface area contributed by atoms with Crippen molar-refractivity contribution in [1.29, 1.82) is 0 Å². The molecule has 98 valence electrons. The molecule has 2 bridgehead atoms. The van der Waals surface area contributed by atoms with E-state index in [1.165, 1.54) is 19.3 Å². The van der Waals surface area contributed by atoms with Gasteiger partial charge in [-0.2, -0.15) is 11.8 Å².